The Morgan fingerprint density at radius 1 is 1.26 bits per heavy atom. The van der Waals surface area contributed by atoms with Crippen LogP contribution in [-0.2, 0) is 0 Å². The molecule has 1 aromatic carbocycles. The van der Waals surface area contributed by atoms with E-state index >= 15 is 0 Å². The molecule has 1 amide bonds. The van der Waals surface area contributed by atoms with Gasteiger partial charge in [-0.25, -0.2) is 4.98 Å². The zero-order chi connectivity index (χ0) is 16.8. The summed E-state index contributed by atoms with van der Waals surface area (Å²) >= 11 is 0. The number of aliphatic hydroxyl groups is 1. The van der Waals surface area contributed by atoms with Crippen molar-refractivity contribution in [2.24, 2.45) is 5.92 Å². The number of hydrogen-bond acceptors (Lipinski definition) is 4. The van der Waals surface area contributed by atoms with Gasteiger partial charge in [0.2, 0.25) is 0 Å². The van der Waals surface area contributed by atoms with Gasteiger partial charge in [-0.3, -0.25) is 9.89 Å². The van der Waals surface area contributed by atoms with Gasteiger partial charge in [-0.05, 0) is 25.0 Å². The number of nitrogens with one attached hydrogen (secondary N) is 2. The number of nitrogens with zero attached hydrogens (tertiary/aromatic N) is 2. The van der Waals surface area contributed by atoms with E-state index in [1.807, 2.05) is 32.9 Å². The van der Waals surface area contributed by atoms with Crippen molar-refractivity contribution in [3.63, 3.8) is 0 Å². The first-order chi connectivity index (χ1) is 11.0. The molecule has 23 heavy (non-hydrogen) atoms. The van der Waals surface area contributed by atoms with Crippen LogP contribution in [0, 0.1) is 12.8 Å². The van der Waals surface area contributed by atoms with Crippen LogP contribution in [0.2, 0.25) is 0 Å². The quantitative estimate of drug-likeness (QED) is 0.731. The van der Waals surface area contributed by atoms with Crippen LogP contribution >= 0.6 is 0 Å². The topological polar surface area (TPSA) is 90.9 Å². The first-order valence-corrected chi connectivity index (χ1v) is 8.00. The monoisotopic (exact) mass is 316 g/mol. The number of aliphatic hydroxyl groups excluding tert-OH is 1. The zero-order valence-electron chi connectivity index (χ0n) is 13.8. The Kier molecular flexibility index (Phi) is 5.87. The van der Waals surface area contributed by atoms with Gasteiger partial charge in [0.25, 0.3) is 5.91 Å². The molecule has 0 radical (unpaired) electrons. The molecule has 2 aromatic rings. The number of carbonyl (C=O) groups is 1. The van der Waals surface area contributed by atoms with Gasteiger partial charge < -0.3 is 10.4 Å². The van der Waals surface area contributed by atoms with Gasteiger partial charge in [-0.15, -0.1) is 0 Å². The molecule has 6 heteroatoms. The zero-order valence-corrected chi connectivity index (χ0v) is 13.8. The smallest absolute Gasteiger partial charge is 0.251 e. The Bertz CT molecular complexity index is 632. The van der Waals surface area contributed by atoms with Crippen molar-refractivity contribution < 1.29 is 9.90 Å². The maximum absolute atomic E-state index is 12.1. The molecule has 2 rings (SSSR count). The van der Waals surface area contributed by atoms with E-state index in [0.29, 0.717) is 11.4 Å². The third kappa shape index (κ3) is 4.39. The summed E-state index contributed by atoms with van der Waals surface area (Å²) in [5, 5.41) is 19.7. The predicted molar refractivity (Wildman–Crippen MR) is 89.0 cm³/mol. The number of H-pyrrole nitrogens is 1. The second kappa shape index (κ2) is 7.87. The molecule has 1 aromatic heterocycles. The minimum Gasteiger partial charge on any atom is -0.391 e. The van der Waals surface area contributed by atoms with Crippen molar-refractivity contribution in [1.82, 2.24) is 20.5 Å². The molecule has 0 fully saturated rings. The molecule has 0 aliphatic rings. The fraction of sp³-hybridized carbons (Fsp3) is 0.471. The first kappa shape index (κ1) is 17.1. The Labute approximate surface area is 136 Å². The lowest BCUT2D eigenvalue weighted by molar-refractivity contribution is 0.0816. The van der Waals surface area contributed by atoms with Crippen molar-refractivity contribution in [2.45, 2.75) is 39.7 Å². The molecule has 0 saturated heterocycles. The summed E-state index contributed by atoms with van der Waals surface area (Å²) in [4.78, 5) is 16.4. The number of carbonyl (C=O) groups excluding carboxylic acids is 1. The fourth-order valence-electron chi connectivity index (χ4n) is 2.54. The van der Waals surface area contributed by atoms with E-state index in [1.54, 1.807) is 12.1 Å². The van der Waals surface area contributed by atoms with Gasteiger partial charge in [-0.2, -0.15) is 5.10 Å². The van der Waals surface area contributed by atoms with Crippen LogP contribution in [0.1, 0.15) is 42.9 Å². The molecule has 0 bridgehead atoms. The minimum atomic E-state index is -0.510. The van der Waals surface area contributed by atoms with E-state index in [9.17, 15) is 9.90 Å². The Morgan fingerprint density at radius 2 is 1.91 bits per heavy atom. The van der Waals surface area contributed by atoms with Crippen molar-refractivity contribution in [3.05, 3.63) is 35.7 Å². The van der Waals surface area contributed by atoms with E-state index < -0.39 is 6.10 Å². The molecule has 1 unspecified atom stereocenters. The van der Waals surface area contributed by atoms with Crippen LogP contribution in [0.4, 0.5) is 0 Å². The summed E-state index contributed by atoms with van der Waals surface area (Å²) < 4.78 is 0. The highest BCUT2D eigenvalue weighted by Crippen LogP contribution is 2.16. The maximum Gasteiger partial charge on any atom is 0.251 e. The number of hydrogen-bond donors (Lipinski definition) is 3. The molecular weight excluding hydrogens is 292 g/mol. The summed E-state index contributed by atoms with van der Waals surface area (Å²) in [5.74, 6) is 1.38. The predicted octanol–water partition coefficient (Wildman–Crippen LogP) is 2.31. The third-order valence-corrected chi connectivity index (χ3v) is 4.07. The van der Waals surface area contributed by atoms with Gasteiger partial charge >= 0.3 is 0 Å². The maximum atomic E-state index is 12.1. The van der Waals surface area contributed by atoms with E-state index in [4.69, 9.17) is 0 Å². The van der Waals surface area contributed by atoms with Crippen LogP contribution in [-0.4, -0.2) is 38.8 Å². The second-order valence-corrected chi connectivity index (χ2v) is 5.68. The van der Waals surface area contributed by atoms with Crippen LogP contribution in [0.25, 0.3) is 11.4 Å². The number of amides is 1. The average Bonchev–Trinajstić information content (AvgIpc) is 3.00. The Balaban J connectivity index is 1.95. The summed E-state index contributed by atoms with van der Waals surface area (Å²) in [6.45, 7) is 6.20. The van der Waals surface area contributed by atoms with Crippen molar-refractivity contribution in [3.8, 4) is 11.4 Å². The molecular formula is C17H24N4O2. The highest BCUT2D eigenvalue weighted by molar-refractivity contribution is 5.94. The van der Waals surface area contributed by atoms with Crippen LogP contribution in [0.15, 0.2) is 24.3 Å². The van der Waals surface area contributed by atoms with Gasteiger partial charge in [-0.1, -0.05) is 38.8 Å². The molecule has 0 aliphatic carbocycles. The normalized spacial score (nSPS) is 12.4. The number of benzene rings is 1. The van der Waals surface area contributed by atoms with Crippen molar-refractivity contribution in [1.29, 1.82) is 0 Å². The third-order valence-electron chi connectivity index (χ3n) is 4.07. The van der Waals surface area contributed by atoms with Crippen LogP contribution in [0.5, 0.6) is 0 Å². The van der Waals surface area contributed by atoms with Crippen molar-refractivity contribution >= 4 is 5.91 Å². The molecule has 3 N–H and O–H groups in total. The summed E-state index contributed by atoms with van der Waals surface area (Å²) in [5.41, 5.74) is 1.40. The standard InChI is InChI=1S/C17H24N4O2/c1-4-12(5-2)15(22)10-18-17(23)14-8-6-13(7-9-14)16-19-11(3)20-21-16/h6-9,12,15,22H,4-5,10H2,1-3H3,(H,18,23)(H,19,20,21). The number of aromatic nitrogens is 3. The van der Waals surface area contributed by atoms with Crippen LogP contribution < -0.4 is 5.32 Å². The van der Waals surface area contributed by atoms with E-state index in [0.717, 1.165) is 24.2 Å². The summed E-state index contributed by atoms with van der Waals surface area (Å²) in [6, 6.07) is 7.10. The summed E-state index contributed by atoms with van der Waals surface area (Å²) in [6.07, 6.45) is 1.29. The molecule has 0 spiro atoms. The molecule has 0 aliphatic heterocycles. The lowest BCUT2D eigenvalue weighted by Crippen LogP contribution is -2.36. The van der Waals surface area contributed by atoms with E-state index in [1.165, 1.54) is 0 Å². The Hall–Kier alpha value is -2.21. The molecule has 1 heterocycles. The van der Waals surface area contributed by atoms with E-state index in [2.05, 4.69) is 20.5 Å². The van der Waals surface area contributed by atoms with Gasteiger partial charge in [0.15, 0.2) is 5.82 Å². The van der Waals surface area contributed by atoms with Gasteiger partial charge in [0.05, 0.1) is 6.10 Å². The first-order valence-electron chi connectivity index (χ1n) is 8.00. The highest BCUT2D eigenvalue weighted by atomic mass is 16.3. The van der Waals surface area contributed by atoms with E-state index in [-0.39, 0.29) is 18.4 Å². The molecule has 124 valence electrons. The Morgan fingerprint density at radius 3 is 2.43 bits per heavy atom. The number of aryl methyl sites for hydroxylation is 1. The molecule has 6 nitrogen and oxygen atoms in total. The lowest BCUT2D eigenvalue weighted by atomic mass is 9.96. The molecule has 0 saturated carbocycles. The lowest BCUT2D eigenvalue weighted by Gasteiger charge is -2.20. The minimum absolute atomic E-state index is 0.187. The van der Waals surface area contributed by atoms with Crippen LogP contribution in [0.3, 0.4) is 0 Å². The highest BCUT2D eigenvalue weighted by Gasteiger charge is 2.16. The number of rotatable bonds is 7. The summed E-state index contributed by atoms with van der Waals surface area (Å²) in [7, 11) is 0. The fourth-order valence-corrected chi connectivity index (χ4v) is 2.54. The molecule has 1 atom stereocenters. The SMILES string of the molecule is CCC(CC)C(O)CNC(=O)c1ccc(-c2n[nH]c(C)n2)cc1. The van der Waals surface area contributed by atoms with Gasteiger partial charge in [0, 0.05) is 17.7 Å². The number of aromatic amines is 1. The average molecular weight is 316 g/mol. The second-order valence-electron chi connectivity index (χ2n) is 5.68. The van der Waals surface area contributed by atoms with Gasteiger partial charge in [0.1, 0.15) is 5.82 Å². The van der Waals surface area contributed by atoms with Crippen molar-refractivity contribution in [2.75, 3.05) is 6.54 Å². The largest absolute Gasteiger partial charge is 0.391 e.